The van der Waals surface area contributed by atoms with Crippen molar-refractivity contribution >= 4 is 17.7 Å². The highest BCUT2D eigenvalue weighted by atomic mass is 32.2. The highest BCUT2D eigenvalue weighted by molar-refractivity contribution is 7.99. The Morgan fingerprint density at radius 2 is 2.18 bits per heavy atom. The number of nitrogens with one attached hydrogen (secondary N) is 2. The monoisotopic (exact) mass is 248 g/mol. The Balaban J connectivity index is 1.73. The molecule has 0 radical (unpaired) electrons. The molecule has 1 aromatic rings. The topological polar surface area (TPSA) is 41.1 Å². The summed E-state index contributed by atoms with van der Waals surface area (Å²) >= 11 is 1.88. The van der Waals surface area contributed by atoms with E-state index in [4.69, 9.17) is 0 Å². The average Bonchev–Trinajstić information content (AvgIpc) is 2.27. The van der Waals surface area contributed by atoms with Crippen LogP contribution in [0.3, 0.4) is 0 Å². The Bertz CT molecular complexity index is 431. The third-order valence-corrected chi connectivity index (χ3v) is 4.55. The summed E-state index contributed by atoms with van der Waals surface area (Å²) in [6.45, 7) is 1.66. The Kier molecular flexibility index (Phi) is 3.07. The molecule has 90 valence electrons. The van der Waals surface area contributed by atoms with Crippen molar-refractivity contribution in [1.29, 1.82) is 0 Å². The number of hydrogen-bond donors (Lipinski definition) is 2. The zero-order valence-electron chi connectivity index (χ0n) is 9.61. The normalized spacial score (nSPS) is 23.6. The van der Waals surface area contributed by atoms with Gasteiger partial charge in [0.15, 0.2) is 0 Å². The van der Waals surface area contributed by atoms with Gasteiger partial charge in [0.1, 0.15) is 0 Å². The average molecular weight is 248 g/mol. The van der Waals surface area contributed by atoms with Gasteiger partial charge >= 0.3 is 0 Å². The van der Waals surface area contributed by atoms with Crippen LogP contribution in [0.1, 0.15) is 18.0 Å². The van der Waals surface area contributed by atoms with Crippen LogP contribution in [0.5, 0.6) is 0 Å². The van der Waals surface area contributed by atoms with Gasteiger partial charge < -0.3 is 10.6 Å². The SMILES string of the molecule is O=C(NC1CCSc2ccccc21)C1CNC1. The maximum Gasteiger partial charge on any atom is 0.226 e. The quantitative estimate of drug-likeness (QED) is 0.834. The molecule has 2 aliphatic heterocycles. The molecule has 2 N–H and O–H groups in total. The van der Waals surface area contributed by atoms with Crippen LogP contribution in [0, 0.1) is 5.92 Å². The zero-order chi connectivity index (χ0) is 11.7. The van der Waals surface area contributed by atoms with E-state index in [9.17, 15) is 4.79 Å². The van der Waals surface area contributed by atoms with E-state index in [1.54, 1.807) is 0 Å². The summed E-state index contributed by atoms with van der Waals surface area (Å²) in [4.78, 5) is 13.3. The number of thioether (sulfide) groups is 1. The summed E-state index contributed by atoms with van der Waals surface area (Å²) in [6, 6.07) is 8.59. The van der Waals surface area contributed by atoms with E-state index in [-0.39, 0.29) is 17.9 Å². The van der Waals surface area contributed by atoms with Gasteiger partial charge in [0.2, 0.25) is 5.91 Å². The number of carbonyl (C=O) groups is 1. The van der Waals surface area contributed by atoms with Gasteiger partial charge in [0, 0.05) is 23.7 Å². The molecular weight excluding hydrogens is 232 g/mol. The van der Waals surface area contributed by atoms with E-state index < -0.39 is 0 Å². The van der Waals surface area contributed by atoms with Crippen LogP contribution in [0.15, 0.2) is 29.2 Å². The van der Waals surface area contributed by atoms with Crippen molar-refractivity contribution in [2.45, 2.75) is 17.4 Å². The van der Waals surface area contributed by atoms with E-state index in [1.165, 1.54) is 10.5 Å². The van der Waals surface area contributed by atoms with Crippen molar-refractivity contribution in [3.63, 3.8) is 0 Å². The van der Waals surface area contributed by atoms with Crippen LogP contribution in [-0.4, -0.2) is 24.7 Å². The smallest absolute Gasteiger partial charge is 0.226 e. The minimum atomic E-state index is 0.178. The molecule has 3 nitrogen and oxygen atoms in total. The molecule has 1 unspecified atom stereocenters. The summed E-state index contributed by atoms with van der Waals surface area (Å²) in [6.07, 6.45) is 1.04. The van der Waals surface area contributed by atoms with Crippen molar-refractivity contribution in [2.24, 2.45) is 5.92 Å². The van der Waals surface area contributed by atoms with Crippen molar-refractivity contribution in [1.82, 2.24) is 10.6 Å². The van der Waals surface area contributed by atoms with Crippen molar-refractivity contribution in [3.05, 3.63) is 29.8 Å². The summed E-state index contributed by atoms with van der Waals surface area (Å²) in [7, 11) is 0. The Hall–Kier alpha value is -1.00. The maximum absolute atomic E-state index is 11.9. The molecule has 1 saturated heterocycles. The molecule has 0 saturated carbocycles. The van der Waals surface area contributed by atoms with Gasteiger partial charge in [0.25, 0.3) is 0 Å². The predicted molar refractivity (Wildman–Crippen MR) is 69.0 cm³/mol. The maximum atomic E-state index is 11.9. The van der Waals surface area contributed by atoms with Crippen LogP contribution in [0.4, 0.5) is 0 Å². The van der Waals surface area contributed by atoms with Crippen molar-refractivity contribution in [3.8, 4) is 0 Å². The number of fused-ring (bicyclic) bond motifs is 1. The fourth-order valence-corrected chi connectivity index (χ4v) is 3.38. The van der Waals surface area contributed by atoms with Crippen LogP contribution in [0.2, 0.25) is 0 Å². The van der Waals surface area contributed by atoms with Crippen LogP contribution < -0.4 is 10.6 Å². The summed E-state index contributed by atoms with van der Waals surface area (Å²) in [5, 5.41) is 6.32. The van der Waals surface area contributed by atoms with E-state index in [0.29, 0.717) is 0 Å². The standard InChI is InChI=1S/C13H16N2OS/c16-13(9-7-14-8-9)15-11-5-6-17-12-4-2-1-3-10(11)12/h1-4,9,11,14H,5-8H2,(H,15,16). The van der Waals surface area contributed by atoms with E-state index >= 15 is 0 Å². The Labute approximate surface area is 105 Å². The molecule has 0 spiro atoms. The third kappa shape index (κ3) is 2.19. The first-order valence-electron chi connectivity index (χ1n) is 6.07. The summed E-state index contributed by atoms with van der Waals surface area (Å²) in [5.74, 6) is 1.47. The van der Waals surface area contributed by atoms with E-state index in [2.05, 4.69) is 34.9 Å². The first-order valence-corrected chi connectivity index (χ1v) is 7.06. The van der Waals surface area contributed by atoms with Gasteiger partial charge in [-0.3, -0.25) is 4.79 Å². The molecule has 4 heteroatoms. The lowest BCUT2D eigenvalue weighted by Crippen LogP contribution is -2.51. The number of carbonyl (C=O) groups excluding carboxylic acids is 1. The minimum absolute atomic E-state index is 0.178. The van der Waals surface area contributed by atoms with E-state index in [0.717, 1.165) is 25.3 Å². The zero-order valence-corrected chi connectivity index (χ0v) is 10.4. The molecule has 17 heavy (non-hydrogen) atoms. The van der Waals surface area contributed by atoms with E-state index in [1.807, 2.05) is 11.8 Å². The number of rotatable bonds is 2. The molecule has 0 aromatic heterocycles. The second-order valence-corrected chi connectivity index (χ2v) is 5.73. The van der Waals surface area contributed by atoms with Gasteiger partial charge in [-0.05, 0) is 18.1 Å². The minimum Gasteiger partial charge on any atom is -0.349 e. The largest absolute Gasteiger partial charge is 0.349 e. The molecule has 1 atom stereocenters. The summed E-state index contributed by atoms with van der Waals surface area (Å²) < 4.78 is 0. The predicted octanol–water partition coefficient (Wildman–Crippen LogP) is 1.56. The fourth-order valence-electron chi connectivity index (χ4n) is 2.26. The molecule has 0 aliphatic carbocycles. The second-order valence-electron chi connectivity index (χ2n) is 4.59. The van der Waals surface area contributed by atoms with Crippen LogP contribution in [0.25, 0.3) is 0 Å². The second kappa shape index (κ2) is 4.70. The van der Waals surface area contributed by atoms with Crippen LogP contribution in [-0.2, 0) is 4.79 Å². The lowest BCUT2D eigenvalue weighted by Gasteiger charge is -2.31. The number of hydrogen-bond acceptors (Lipinski definition) is 3. The highest BCUT2D eigenvalue weighted by Crippen LogP contribution is 2.35. The van der Waals surface area contributed by atoms with Crippen molar-refractivity contribution < 1.29 is 4.79 Å². The molecule has 3 rings (SSSR count). The molecule has 1 fully saturated rings. The van der Waals surface area contributed by atoms with Crippen LogP contribution >= 0.6 is 11.8 Å². The molecular formula is C13H16N2OS. The first kappa shape index (κ1) is 11.1. The number of benzene rings is 1. The van der Waals surface area contributed by atoms with Gasteiger partial charge in [-0.1, -0.05) is 18.2 Å². The molecule has 2 heterocycles. The molecule has 0 bridgehead atoms. The highest BCUT2D eigenvalue weighted by Gasteiger charge is 2.28. The summed E-state index contributed by atoms with van der Waals surface area (Å²) in [5.41, 5.74) is 1.28. The van der Waals surface area contributed by atoms with Gasteiger partial charge in [0.05, 0.1) is 12.0 Å². The molecule has 2 aliphatic rings. The van der Waals surface area contributed by atoms with Gasteiger partial charge in [-0.15, -0.1) is 11.8 Å². The Morgan fingerprint density at radius 1 is 1.35 bits per heavy atom. The molecule has 1 aromatic carbocycles. The third-order valence-electron chi connectivity index (χ3n) is 3.43. The van der Waals surface area contributed by atoms with Gasteiger partial charge in [-0.25, -0.2) is 0 Å². The Morgan fingerprint density at radius 3 is 2.94 bits per heavy atom. The fraction of sp³-hybridized carbons (Fsp3) is 0.462. The first-order chi connectivity index (χ1) is 8.34. The lowest BCUT2D eigenvalue weighted by atomic mass is 9.99. The van der Waals surface area contributed by atoms with Gasteiger partial charge in [-0.2, -0.15) is 0 Å². The lowest BCUT2D eigenvalue weighted by molar-refractivity contribution is -0.127. The number of amides is 1. The van der Waals surface area contributed by atoms with Crippen molar-refractivity contribution in [2.75, 3.05) is 18.8 Å². The molecule has 1 amide bonds.